The molecule has 0 N–H and O–H groups in total. The summed E-state index contributed by atoms with van der Waals surface area (Å²) >= 11 is 5.81. The first-order valence-electron chi connectivity index (χ1n) is 4.01. The Morgan fingerprint density at radius 1 is 1.62 bits per heavy atom. The predicted octanol–water partition coefficient (Wildman–Crippen LogP) is 3.27. The van der Waals surface area contributed by atoms with E-state index in [0.29, 0.717) is 17.0 Å². The fourth-order valence-corrected chi connectivity index (χ4v) is 1.36. The van der Waals surface area contributed by atoms with E-state index < -0.39 is 0 Å². The van der Waals surface area contributed by atoms with Crippen LogP contribution >= 0.6 is 11.6 Å². The van der Waals surface area contributed by atoms with Crippen LogP contribution < -0.4 is 0 Å². The molecule has 0 heterocycles. The van der Waals surface area contributed by atoms with Crippen molar-refractivity contribution in [3.05, 3.63) is 46.5 Å². The largest absolute Gasteiger partial charge is 0.298 e. The Bertz CT molecular complexity index is 342. The number of allylic oxidation sites excluding steroid dienone is 1. The molecule has 0 spiro atoms. The van der Waals surface area contributed by atoms with Gasteiger partial charge in [0.25, 0.3) is 0 Å². The van der Waals surface area contributed by atoms with E-state index in [1.54, 1.807) is 18.2 Å². The van der Waals surface area contributed by atoms with Crippen LogP contribution in [0, 0.1) is 0 Å². The molecule has 0 radical (unpaired) electrons. The van der Waals surface area contributed by atoms with Gasteiger partial charge in [-0.3, -0.25) is 4.79 Å². The smallest absolute Gasteiger partial charge is 0.150 e. The average molecular weight is 195 g/mol. The van der Waals surface area contributed by atoms with Crippen LogP contribution in [-0.2, 0) is 6.42 Å². The molecule has 0 fully saturated rings. The normalized spacial score (nSPS) is 9.69. The second kappa shape index (κ2) is 4.24. The van der Waals surface area contributed by atoms with E-state index in [2.05, 4.69) is 6.58 Å². The summed E-state index contributed by atoms with van der Waals surface area (Å²) in [5.74, 6) is 0. The van der Waals surface area contributed by atoms with Crippen LogP contribution in [0.25, 0.3) is 0 Å². The number of benzene rings is 1. The SMILES string of the molecule is C=C(C)Cc1cc(Cl)ccc1C=O. The van der Waals surface area contributed by atoms with E-state index in [9.17, 15) is 4.79 Å². The zero-order valence-corrected chi connectivity index (χ0v) is 8.27. The summed E-state index contributed by atoms with van der Waals surface area (Å²) < 4.78 is 0. The van der Waals surface area contributed by atoms with Gasteiger partial charge in [-0.1, -0.05) is 23.8 Å². The van der Waals surface area contributed by atoms with Gasteiger partial charge in [0.05, 0.1) is 0 Å². The molecule has 1 nitrogen and oxygen atoms in total. The topological polar surface area (TPSA) is 17.1 Å². The molecule has 0 unspecified atom stereocenters. The fourth-order valence-electron chi connectivity index (χ4n) is 1.17. The van der Waals surface area contributed by atoms with E-state index in [4.69, 9.17) is 11.6 Å². The van der Waals surface area contributed by atoms with Crippen LogP contribution in [0.15, 0.2) is 30.4 Å². The summed E-state index contributed by atoms with van der Waals surface area (Å²) in [5, 5.41) is 0.654. The third kappa shape index (κ3) is 2.71. The van der Waals surface area contributed by atoms with Crippen molar-refractivity contribution in [2.75, 3.05) is 0 Å². The summed E-state index contributed by atoms with van der Waals surface area (Å²) in [7, 11) is 0. The molecule has 2 heteroatoms. The van der Waals surface area contributed by atoms with Gasteiger partial charge in [0.1, 0.15) is 6.29 Å². The molecule has 1 aromatic carbocycles. The summed E-state index contributed by atoms with van der Waals surface area (Å²) in [6.45, 7) is 5.72. The molecule has 0 amide bonds. The molecule has 0 saturated carbocycles. The molecular formula is C11H11ClO. The van der Waals surface area contributed by atoms with Gasteiger partial charge in [-0.25, -0.2) is 0 Å². The third-order valence-corrected chi connectivity index (χ3v) is 1.96. The van der Waals surface area contributed by atoms with Gasteiger partial charge in [0, 0.05) is 10.6 Å². The lowest BCUT2D eigenvalue weighted by atomic mass is 10.0. The quantitative estimate of drug-likeness (QED) is 0.533. The van der Waals surface area contributed by atoms with Crippen LogP contribution in [0.2, 0.25) is 5.02 Å². The highest BCUT2D eigenvalue weighted by Crippen LogP contribution is 2.17. The molecule has 0 aliphatic carbocycles. The van der Waals surface area contributed by atoms with Crippen molar-refractivity contribution in [3.63, 3.8) is 0 Å². The minimum atomic E-state index is 0.654. The van der Waals surface area contributed by atoms with Gasteiger partial charge in [0.2, 0.25) is 0 Å². The van der Waals surface area contributed by atoms with Crippen molar-refractivity contribution in [3.8, 4) is 0 Å². The minimum Gasteiger partial charge on any atom is -0.298 e. The van der Waals surface area contributed by atoms with Crippen LogP contribution in [0.3, 0.4) is 0 Å². The number of halogens is 1. The minimum absolute atomic E-state index is 0.654. The van der Waals surface area contributed by atoms with Crippen molar-refractivity contribution in [1.82, 2.24) is 0 Å². The number of carbonyl (C=O) groups is 1. The molecule has 0 saturated heterocycles. The van der Waals surface area contributed by atoms with Crippen LogP contribution in [0.5, 0.6) is 0 Å². The predicted molar refractivity (Wildman–Crippen MR) is 55.4 cm³/mol. The highest BCUT2D eigenvalue weighted by molar-refractivity contribution is 6.30. The lowest BCUT2D eigenvalue weighted by molar-refractivity contribution is 0.112. The molecule has 0 atom stereocenters. The summed E-state index contributed by atoms with van der Waals surface area (Å²) in [4.78, 5) is 10.6. The highest BCUT2D eigenvalue weighted by atomic mass is 35.5. The van der Waals surface area contributed by atoms with Gasteiger partial charge in [-0.15, -0.1) is 0 Å². The van der Waals surface area contributed by atoms with Crippen LogP contribution in [0.4, 0.5) is 0 Å². The van der Waals surface area contributed by atoms with Crippen LogP contribution in [0.1, 0.15) is 22.8 Å². The standard InChI is InChI=1S/C11H11ClO/c1-8(2)5-10-6-11(12)4-3-9(10)7-13/h3-4,6-7H,1,5H2,2H3. The maximum Gasteiger partial charge on any atom is 0.150 e. The molecule has 1 rings (SSSR count). The Morgan fingerprint density at radius 3 is 2.85 bits per heavy atom. The number of aldehydes is 1. The molecule has 68 valence electrons. The van der Waals surface area contributed by atoms with Crippen molar-refractivity contribution in [2.45, 2.75) is 13.3 Å². The Labute approximate surface area is 83.0 Å². The number of hydrogen-bond acceptors (Lipinski definition) is 1. The van der Waals surface area contributed by atoms with Gasteiger partial charge < -0.3 is 0 Å². The lowest BCUT2D eigenvalue weighted by Crippen LogP contribution is -1.93. The fraction of sp³-hybridized carbons (Fsp3) is 0.182. The Hall–Kier alpha value is -1.08. The molecule has 0 aliphatic heterocycles. The van der Waals surface area contributed by atoms with Crippen LogP contribution in [-0.4, -0.2) is 6.29 Å². The van der Waals surface area contributed by atoms with Crippen molar-refractivity contribution < 1.29 is 4.79 Å². The molecule has 13 heavy (non-hydrogen) atoms. The summed E-state index contributed by atoms with van der Waals surface area (Å²) in [6.07, 6.45) is 1.54. The van der Waals surface area contributed by atoms with Crippen molar-refractivity contribution >= 4 is 17.9 Å². The zero-order chi connectivity index (χ0) is 9.84. The van der Waals surface area contributed by atoms with Gasteiger partial charge in [-0.05, 0) is 37.1 Å². The highest BCUT2D eigenvalue weighted by Gasteiger charge is 2.02. The summed E-state index contributed by atoms with van der Waals surface area (Å²) in [6, 6.07) is 5.25. The first kappa shape index (κ1) is 10.0. The maximum absolute atomic E-state index is 10.6. The Kier molecular flexibility index (Phi) is 3.26. The first-order valence-corrected chi connectivity index (χ1v) is 4.39. The van der Waals surface area contributed by atoms with E-state index in [-0.39, 0.29) is 0 Å². The van der Waals surface area contributed by atoms with E-state index in [1.807, 2.05) is 6.92 Å². The number of carbonyl (C=O) groups excluding carboxylic acids is 1. The summed E-state index contributed by atoms with van der Waals surface area (Å²) in [5.41, 5.74) is 2.65. The van der Waals surface area contributed by atoms with Gasteiger partial charge >= 0.3 is 0 Å². The zero-order valence-electron chi connectivity index (χ0n) is 7.51. The van der Waals surface area contributed by atoms with Crippen molar-refractivity contribution in [2.24, 2.45) is 0 Å². The number of rotatable bonds is 3. The van der Waals surface area contributed by atoms with Gasteiger partial charge in [-0.2, -0.15) is 0 Å². The van der Waals surface area contributed by atoms with E-state index in [1.165, 1.54) is 0 Å². The second-order valence-corrected chi connectivity index (χ2v) is 3.53. The first-order chi connectivity index (χ1) is 6.13. The third-order valence-electron chi connectivity index (χ3n) is 1.72. The van der Waals surface area contributed by atoms with Crippen molar-refractivity contribution in [1.29, 1.82) is 0 Å². The lowest BCUT2D eigenvalue weighted by Gasteiger charge is -2.04. The second-order valence-electron chi connectivity index (χ2n) is 3.09. The molecular weight excluding hydrogens is 184 g/mol. The Balaban J connectivity index is 3.07. The number of hydrogen-bond donors (Lipinski definition) is 0. The molecule has 0 aromatic heterocycles. The Morgan fingerprint density at radius 2 is 2.31 bits per heavy atom. The van der Waals surface area contributed by atoms with Gasteiger partial charge in [0.15, 0.2) is 0 Å². The molecule has 1 aromatic rings. The maximum atomic E-state index is 10.6. The average Bonchev–Trinajstić information content (AvgIpc) is 2.03. The van der Waals surface area contributed by atoms with E-state index in [0.717, 1.165) is 17.4 Å². The van der Waals surface area contributed by atoms with E-state index >= 15 is 0 Å². The monoisotopic (exact) mass is 194 g/mol. The molecule has 0 aliphatic rings. The molecule has 0 bridgehead atoms.